The lowest BCUT2D eigenvalue weighted by atomic mass is 9.86. The van der Waals surface area contributed by atoms with Crippen molar-refractivity contribution in [3.63, 3.8) is 0 Å². The first-order chi connectivity index (χ1) is 7.95. The van der Waals surface area contributed by atoms with Crippen LogP contribution in [-0.4, -0.2) is 0 Å². The number of rotatable bonds is 0. The van der Waals surface area contributed by atoms with Crippen LogP contribution in [0, 0.1) is 0 Å². The van der Waals surface area contributed by atoms with Gasteiger partial charge in [0.25, 0.3) is 0 Å². The average molecular weight is 226 g/mol. The van der Waals surface area contributed by atoms with Crippen molar-refractivity contribution in [3.05, 3.63) is 59.7 Å². The summed E-state index contributed by atoms with van der Waals surface area (Å²) in [4.78, 5) is 0. The minimum absolute atomic E-state index is 0. The van der Waals surface area contributed by atoms with Crippen LogP contribution in [0.4, 0.5) is 0 Å². The standard InChI is InChI=1S/C14H12.C2H6.CH4/c1-3-7-13-11(5-1)9-10-12-6-2-4-8-14(12)13;1-2;/h1-8H,9-10H2;1-2H3;1H4. The first kappa shape index (κ1) is 13.5. The first-order valence-electron chi connectivity index (χ1n) is 6.11. The molecule has 90 valence electrons. The Labute approximate surface area is 105 Å². The van der Waals surface area contributed by atoms with E-state index in [1.54, 1.807) is 0 Å². The summed E-state index contributed by atoms with van der Waals surface area (Å²) in [6.45, 7) is 4.00. The molecule has 0 amide bonds. The minimum Gasteiger partial charge on any atom is -0.0776 e. The molecule has 0 heterocycles. The van der Waals surface area contributed by atoms with Crippen molar-refractivity contribution >= 4 is 0 Å². The lowest BCUT2D eigenvalue weighted by Gasteiger charge is -2.19. The summed E-state index contributed by atoms with van der Waals surface area (Å²) in [5, 5.41) is 0. The van der Waals surface area contributed by atoms with Gasteiger partial charge in [-0.25, -0.2) is 0 Å². The van der Waals surface area contributed by atoms with Crippen LogP contribution in [0.1, 0.15) is 32.4 Å². The Balaban J connectivity index is 0.000000459. The second-order valence-corrected chi connectivity index (χ2v) is 3.81. The Bertz CT molecular complexity index is 423. The maximum atomic E-state index is 2.24. The summed E-state index contributed by atoms with van der Waals surface area (Å²) in [7, 11) is 0. The number of benzene rings is 2. The zero-order chi connectivity index (χ0) is 11.4. The maximum Gasteiger partial charge on any atom is -0.0149 e. The van der Waals surface area contributed by atoms with Crippen LogP contribution in [0.25, 0.3) is 11.1 Å². The predicted molar refractivity (Wildman–Crippen MR) is 77.4 cm³/mol. The van der Waals surface area contributed by atoms with Gasteiger partial charge in [-0.15, -0.1) is 0 Å². The molecule has 0 spiro atoms. The largest absolute Gasteiger partial charge is 0.0776 e. The van der Waals surface area contributed by atoms with Crippen LogP contribution >= 0.6 is 0 Å². The number of hydrogen-bond acceptors (Lipinski definition) is 0. The van der Waals surface area contributed by atoms with Gasteiger partial charge in [0.15, 0.2) is 0 Å². The molecule has 0 fully saturated rings. The Morgan fingerprint density at radius 2 is 1.00 bits per heavy atom. The third-order valence-corrected chi connectivity index (χ3v) is 2.99. The van der Waals surface area contributed by atoms with Gasteiger partial charge in [0.2, 0.25) is 0 Å². The highest BCUT2D eigenvalue weighted by Crippen LogP contribution is 2.32. The Morgan fingerprint density at radius 3 is 1.41 bits per heavy atom. The average Bonchev–Trinajstić information content (AvgIpc) is 2.41. The van der Waals surface area contributed by atoms with Gasteiger partial charge in [-0.1, -0.05) is 69.8 Å². The molecular weight excluding hydrogens is 204 g/mol. The van der Waals surface area contributed by atoms with Crippen molar-refractivity contribution in [1.82, 2.24) is 0 Å². The van der Waals surface area contributed by atoms with Gasteiger partial charge in [0.05, 0.1) is 0 Å². The van der Waals surface area contributed by atoms with E-state index in [9.17, 15) is 0 Å². The van der Waals surface area contributed by atoms with Gasteiger partial charge in [-0.3, -0.25) is 0 Å². The van der Waals surface area contributed by atoms with E-state index in [2.05, 4.69) is 48.5 Å². The number of aryl methyl sites for hydroxylation is 2. The predicted octanol–water partition coefficient (Wildman–Crippen LogP) is 5.11. The fourth-order valence-corrected chi connectivity index (χ4v) is 2.27. The van der Waals surface area contributed by atoms with E-state index >= 15 is 0 Å². The molecule has 2 aromatic rings. The summed E-state index contributed by atoms with van der Waals surface area (Å²) in [6.07, 6.45) is 2.38. The quantitative estimate of drug-likeness (QED) is 0.585. The zero-order valence-electron chi connectivity index (χ0n) is 10.0. The van der Waals surface area contributed by atoms with Gasteiger partial charge in [0.1, 0.15) is 0 Å². The SMILES string of the molecule is C.CC.c1ccc2c(c1)CCc1ccccc1-2. The lowest BCUT2D eigenvalue weighted by molar-refractivity contribution is 0.942. The molecule has 0 aromatic heterocycles. The molecule has 0 N–H and O–H groups in total. The van der Waals surface area contributed by atoms with E-state index in [4.69, 9.17) is 0 Å². The Hall–Kier alpha value is -1.56. The zero-order valence-corrected chi connectivity index (χ0v) is 10.0. The second kappa shape index (κ2) is 6.24. The monoisotopic (exact) mass is 226 g/mol. The summed E-state index contributed by atoms with van der Waals surface area (Å²) in [5.74, 6) is 0. The van der Waals surface area contributed by atoms with E-state index in [-0.39, 0.29) is 7.43 Å². The summed E-state index contributed by atoms with van der Waals surface area (Å²) in [5.41, 5.74) is 5.83. The van der Waals surface area contributed by atoms with Crippen molar-refractivity contribution < 1.29 is 0 Å². The van der Waals surface area contributed by atoms with Crippen molar-refractivity contribution in [2.24, 2.45) is 0 Å². The first-order valence-corrected chi connectivity index (χ1v) is 6.11. The van der Waals surface area contributed by atoms with Gasteiger partial charge in [-0.2, -0.15) is 0 Å². The van der Waals surface area contributed by atoms with Gasteiger partial charge in [0, 0.05) is 0 Å². The van der Waals surface area contributed by atoms with Crippen LogP contribution in [-0.2, 0) is 12.8 Å². The van der Waals surface area contributed by atoms with Crippen LogP contribution in [0.2, 0.25) is 0 Å². The van der Waals surface area contributed by atoms with E-state index in [1.807, 2.05) is 13.8 Å². The fourth-order valence-electron chi connectivity index (χ4n) is 2.27. The number of fused-ring (bicyclic) bond motifs is 3. The van der Waals surface area contributed by atoms with E-state index in [0.717, 1.165) is 0 Å². The molecule has 0 aliphatic heterocycles. The third-order valence-electron chi connectivity index (χ3n) is 2.99. The molecule has 17 heavy (non-hydrogen) atoms. The maximum absolute atomic E-state index is 2.24. The molecule has 0 heteroatoms. The molecule has 3 rings (SSSR count). The Kier molecular flexibility index (Phi) is 4.96. The van der Waals surface area contributed by atoms with Crippen LogP contribution < -0.4 is 0 Å². The van der Waals surface area contributed by atoms with Crippen LogP contribution in [0.5, 0.6) is 0 Å². The van der Waals surface area contributed by atoms with Crippen LogP contribution in [0.15, 0.2) is 48.5 Å². The summed E-state index contributed by atoms with van der Waals surface area (Å²) < 4.78 is 0. The highest BCUT2D eigenvalue weighted by Gasteiger charge is 2.13. The molecule has 0 atom stereocenters. The minimum atomic E-state index is 0. The fraction of sp³-hybridized carbons (Fsp3) is 0.294. The summed E-state index contributed by atoms with van der Waals surface area (Å²) >= 11 is 0. The normalized spacial score (nSPS) is 11.2. The van der Waals surface area contributed by atoms with Gasteiger partial charge in [-0.05, 0) is 35.1 Å². The molecule has 0 nitrogen and oxygen atoms in total. The smallest absolute Gasteiger partial charge is 0.0149 e. The van der Waals surface area contributed by atoms with E-state index < -0.39 is 0 Å². The Morgan fingerprint density at radius 1 is 0.647 bits per heavy atom. The second-order valence-electron chi connectivity index (χ2n) is 3.81. The highest BCUT2D eigenvalue weighted by atomic mass is 14.2. The molecular formula is C17H22. The molecule has 0 unspecified atom stereocenters. The molecule has 0 radical (unpaired) electrons. The topological polar surface area (TPSA) is 0 Å². The molecule has 1 aliphatic rings. The molecule has 0 saturated heterocycles. The van der Waals surface area contributed by atoms with E-state index in [0.29, 0.717) is 0 Å². The van der Waals surface area contributed by atoms with Gasteiger partial charge < -0.3 is 0 Å². The molecule has 0 saturated carbocycles. The van der Waals surface area contributed by atoms with E-state index in [1.165, 1.54) is 35.1 Å². The van der Waals surface area contributed by atoms with Crippen molar-refractivity contribution in [3.8, 4) is 11.1 Å². The van der Waals surface area contributed by atoms with Crippen molar-refractivity contribution in [2.45, 2.75) is 34.1 Å². The van der Waals surface area contributed by atoms with Crippen molar-refractivity contribution in [2.75, 3.05) is 0 Å². The number of hydrogen-bond donors (Lipinski definition) is 0. The molecule has 0 bridgehead atoms. The van der Waals surface area contributed by atoms with Crippen LogP contribution in [0.3, 0.4) is 0 Å². The third kappa shape index (κ3) is 2.58. The van der Waals surface area contributed by atoms with Crippen molar-refractivity contribution in [1.29, 1.82) is 0 Å². The summed E-state index contributed by atoms with van der Waals surface area (Å²) in [6, 6.07) is 17.5. The molecule has 2 aromatic carbocycles. The molecule has 1 aliphatic carbocycles. The highest BCUT2D eigenvalue weighted by molar-refractivity contribution is 5.72. The van der Waals surface area contributed by atoms with Gasteiger partial charge >= 0.3 is 0 Å². The lowest BCUT2D eigenvalue weighted by Crippen LogP contribution is -2.02.